The molecular weight excluding hydrogens is 281 g/mol. The van der Waals surface area contributed by atoms with E-state index in [1.807, 2.05) is 28.7 Å². The second-order valence-electron chi connectivity index (χ2n) is 2.33. The van der Waals surface area contributed by atoms with E-state index >= 15 is 0 Å². The molecule has 1 rings (SSSR count). The molecule has 1 aromatic rings. The van der Waals surface area contributed by atoms with Crippen molar-refractivity contribution in [1.82, 2.24) is 0 Å². The van der Waals surface area contributed by atoms with E-state index in [0.29, 0.717) is 9.13 Å². The molecule has 0 spiro atoms. The molecule has 1 aromatic carbocycles. The van der Waals surface area contributed by atoms with Gasteiger partial charge in [0, 0.05) is 6.08 Å². The van der Waals surface area contributed by atoms with Gasteiger partial charge in [0.2, 0.25) is 0 Å². The molecule has 0 atom stereocenters. The molecule has 0 aromatic heterocycles. The first-order valence-electron chi connectivity index (χ1n) is 3.43. The minimum atomic E-state index is -0.176. The van der Waals surface area contributed by atoms with E-state index in [2.05, 4.69) is 0 Å². The number of nitriles is 1. The SMILES string of the molecule is N#CC=Cc1cc(O)c(O)c(I)c1. The van der Waals surface area contributed by atoms with Crippen molar-refractivity contribution in [1.29, 1.82) is 5.26 Å². The smallest absolute Gasteiger partial charge is 0.171 e. The highest BCUT2D eigenvalue weighted by Crippen LogP contribution is 2.31. The summed E-state index contributed by atoms with van der Waals surface area (Å²) in [6, 6.07) is 4.91. The van der Waals surface area contributed by atoms with Crippen molar-refractivity contribution in [2.24, 2.45) is 0 Å². The predicted octanol–water partition coefficient (Wildman–Crippen LogP) is 2.24. The van der Waals surface area contributed by atoms with Crippen LogP contribution >= 0.6 is 22.6 Å². The van der Waals surface area contributed by atoms with E-state index in [0.717, 1.165) is 0 Å². The highest BCUT2D eigenvalue weighted by atomic mass is 127. The number of nitrogens with zero attached hydrogens (tertiary/aromatic N) is 1. The van der Waals surface area contributed by atoms with Gasteiger partial charge < -0.3 is 10.2 Å². The highest BCUT2D eigenvalue weighted by molar-refractivity contribution is 14.1. The highest BCUT2D eigenvalue weighted by Gasteiger charge is 2.04. The fourth-order valence-corrected chi connectivity index (χ4v) is 1.47. The van der Waals surface area contributed by atoms with Gasteiger partial charge in [-0.05, 0) is 46.4 Å². The summed E-state index contributed by atoms with van der Waals surface area (Å²) in [5.41, 5.74) is 0.682. The Bertz CT molecular complexity index is 370. The quantitative estimate of drug-likeness (QED) is 0.473. The third-order valence-corrected chi connectivity index (χ3v) is 2.24. The number of phenolic OH excluding ortho intramolecular Hbond substituents is 2. The Morgan fingerprint density at radius 1 is 1.38 bits per heavy atom. The van der Waals surface area contributed by atoms with Gasteiger partial charge in [-0.25, -0.2) is 0 Å². The van der Waals surface area contributed by atoms with Crippen molar-refractivity contribution in [2.45, 2.75) is 0 Å². The maximum atomic E-state index is 9.21. The van der Waals surface area contributed by atoms with E-state index in [9.17, 15) is 10.2 Å². The zero-order valence-electron chi connectivity index (χ0n) is 6.53. The molecule has 0 fully saturated rings. The number of phenols is 2. The second-order valence-corrected chi connectivity index (χ2v) is 3.50. The van der Waals surface area contributed by atoms with Crippen LogP contribution in [0, 0.1) is 14.9 Å². The number of allylic oxidation sites excluding steroid dienone is 1. The van der Waals surface area contributed by atoms with Crippen LogP contribution in [0.1, 0.15) is 5.56 Å². The van der Waals surface area contributed by atoms with E-state index in [1.54, 1.807) is 12.1 Å². The van der Waals surface area contributed by atoms with E-state index in [-0.39, 0.29) is 11.5 Å². The van der Waals surface area contributed by atoms with Crippen LogP contribution in [-0.2, 0) is 0 Å². The molecule has 0 aliphatic heterocycles. The maximum absolute atomic E-state index is 9.21. The van der Waals surface area contributed by atoms with Crippen molar-refractivity contribution in [3.05, 3.63) is 27.3 Å². The number of rotatable bonds is 1. The monoisotopic (exact) mass is 287 g/mol. The Labute approximate surface area is 89.1 Å². The normalized spacial score (nSPS) is 10.2. The van der Waals surface area contributed by atoms with Crippen LogP contribution in [0.5, 0.6) is 11.5 Å². The third kappa shape index (κ3) is 2.36. The Hall–Kier alpha value is -1.22. The lowest BCUT2D eigenvalue weighted by atomic mass is 10.2. The van der Waals surface area contributed by atoms with Gasteiger partial charge in [-0.1, -0.05) is 0 Å². The van der Waals surface area contributed by atoms with Crippen molar-refractivity contribution < 1.29 is 10.2 Å². The predicted molar refractivity (Wildman–Crippen MR) is 57.1 cm³/mol. The molecule has 0 saturated carbocycles. The molecule has 13 heavy (non-hydrogen) atoms. The van der Waals surface area contributed by atoms with Gasteiger partial charge in [-0.2, -0.15) is 5.26 Å². The molecule has 0 aliphatic carbocycles. The summed E-state index contributed by atoms with van der Waals surface area (Å²) in [5.74, 6) is -0.306. The summed E-state index contributed by atoms with van der Waals surface area (Å²) in [7, 11) is 0. The molecule has 0 amide bonds. The molecule has 4 heteroatoms. The van der Waals surface area contributed by atoms with Crippen LogP contribution in [0.15, 0.2) is 18.2 Å². The molecule has 0 radical (unpaired) electrons. The van der Waals surface area contributed by atoms with Crippen LogP contribution in [-0.4, -0.2) is 10.2 Å². The van der Waals surface area contributed by atoms with E-state index in [1.165, 1.54) is 12.1 Å². The van der Waals surface area contributed by atoms with E-state index in [4.69, 9.17) is 5.26 Å². The standard InChI is InChI=1S/C9H6INO2/c10-7-4-6(2-1-3-11)5-8(12)9(7)13/h1-2,4-5,12-13H. The Morgan fingerprint density at radius 3 is 2.62 bits per heavy atom. The first-order chi connectivity index (χ1) is 6.15. The topological polar surface area (TPSA) is 64.2 Å². The third-order valence-electron chi connectivity index (χ3n) is 1.42. The van der Waals surface area contributed by atoms with Gasteiger partial charge in [-0.15, -0.1) is 0 Å². The molecule has 3 nitrogen and oxygen atoms in total. The summed E-state index contributed by atoms with van der Waals surface area (Å²) in [6.07, 6.45) is 2.86. The molecule has 0 aliphatic rings. The summed E-state index contributed by atoms with van der Waals surface area (Å²) in [4.78, 5) is 0. The van der Waals surface area contributed by atoms with Crippen molar-refractivity contribution >= 4 is 28.7 Å². The summed E-state index contributed by atoms with van der Waals surface area (Å²) in [5, 5.41) is 26.7. The zero-order chi connectivity index (χ0) is 9.84. The number of benzene rings is 1. The molecule has 2 N–H and O–H groups in total. The molecule has 0 bridgehead atoms. The zero-order valence-corrected chi connectivity index (χ0v) is 8.69. The molecule has 0 saturated heterocycles. The van der Waals surface area contributed by atoms with Crippen LogP contribution in [0.25, 0.3) is 6.08 Å². The summed E-state index contributed by atoms with van der Waals surface area (Å²) >= 11 is 1.90. The van der Waals surface area contributed by atoms with Gasteiger partial charge in [0.15, 0.2) is 11.5 Å². The van der Waals surface area contributed by atoms with E-state index < -0.39 is 0 Å². The number of aromatic hydroxyl groups is 2. The molecule has 0 unspecified atom stereocenters. The molecule has 0 heterocycles. The summed E-state index contributed by atoms with van der Waals surface area (Å²) < 4.78 is 0.551. The Balaban J connectivity index is 3.15. The largest absolute Gasteiger partial charge is 0.504 e. The number of hydrogen-bond donors (Lipinski definition) is 2. The molecule has 66 valence electrons. The van der Waals surface area contributed by atoms with Crippen molar-refractivity contribution in [3.8, 4) is 17.6 Å². The fourth-order valence-electron chi connectivity index (χ4n) is 0.835. The Morgan fingerprint density at radius 2 is 2.08 bits per heavy atom. The fraction of sp³-hybridized carbons (Fsp3) is 0. The first-order valence-corrected chi connectivity index (χ1v) is 4.50. The van der Waals surface area contributed by atoms with Gasteiger partial charge in [-0.3, -0.25) is 0 Å². The first kappa shape index (κ1) is 9.86. The van der Waals surface area contributed by atoms with Gasteiger partial charge in [0.25, 0.3) is 0 Å². The number of hydrogen-bond acceptors (Lipinski definition) is 3. The average molecular weight is 287 g/mol. The van der Waals surface area contributed by atoms with Gasteiger partial charge in [0.05, 0.1) is 9.64 Å². The van der Waals surface area contributed by atoms with Gasteiger partial charge >= 0.3 is 0 Å². The average Bonchev–Trinajstić information content (AvgIpc) is 2.10. The maximum Gasteiger partial charge on any atom is 0.171 e. The lowest BCUT2D eigenvalue weighted by molar-refractivity contribution is 0.401. The minimum Gasteiger partial charge on any atom is -0.504 e. The Kier molecular flexibility index (Phi) is 3.14. The van der Waals surface area contributed by atoms with Gasteiger partial charge in [0.1, 0.15) is 0 Å². The molecular formula is C9H6INO2. The minimum absolute atomic E-state index is 0.130. The lowest BCUT2D eigenvalue weighted by Gasteiger charge is -2.01. The summed E-state index contributed by atoms with van der Waals surface area (Å²) in [6.45, 7) is 0. The second kappa shape index (κ2) is 4.14. The number of halogens is 1. The van der Waals surface area contributed by atoms with Crippen molar-refractivity contribution in [3.63, 3.8) is 0 Å². The van der Waals surface area contributed by atoms with Crippen molar-refractivity contribution in [2.75, 3.05) is 0 Å². The van der Waals surface area contributed by atoms with Crippen LogP contribution in [0.3, 0.4) is 0 Å². The van der Waals surface area contributed by atoms with Crippen LogP contribution in [0.2, 0.25) is 0 Å². The van der Waals surface area contributed by atoms with Crippen LogP contribution in [0.4, 0.5) is 0 Å². The lowest BCUT2D eigenvalue weighted by Crippen LogP contribution is -1.78. The van der Waals surface area contributed by atoms with Crippen LogP contribution < -0.4 is 0 Å².